The molecule has 0 fully saturated rings. The Morgan fingerprint density at radius 2 is 1.61 bits per heavy atom. The fraction of sp³-hybridized carbons (Fsp3) is 0.323. The Hall–Kier alpha value is -3.15. The second-order valence-electron chi connectivity index (χ2n) is 11.1. The van der Waals surface area contributed by atoms with Crippen molar-refractivity contribution in [3.05, 3.63) is 95.7 Å². The van der Waals surface area contributed by atoms with Gasteiger partial charge < -0.3 is 14.7 Å². The van der Waals surface area contributed by atoms with Crippen LogP contribution in [0.1, 0.15) is 44.0 Å². The van der Waals surface area contributed by atoms with Crippen LogP contribution < -0.4 is 16.1 Å². The number of rotatable bonds is 7. The van der Waals surface area contributed by atoms with Gasteiger partial charge in [0.25, 0.3) is 0 Å². The number of nitrogens with two attached hydrogens (primary N) is 1. The molecular formula is C31H36N2O2Si. The molecule has 0 aliphatic carbocycles. The lowest BCUT2D eigenvalue weighted by Gasteiger charge is -2.35. The average molecular weight is 497 g/mol. The van der Waals surface area contributed by atoms with Crippen molar-refractivity contribution in [1.29, 1.82) is 0 Å². The summed E-state index contributed by atoms with van der Waals surface area (Å²) in [5.41, 5.74) is 10.7. The molecule has 5 heteroatoms. The maximum atomic E-state index is 12.2. The van der Waals surface area contributed by atoms with E-state index in [4.69, 9.17) is 10.2 Å². The largest absolute Gasteiger partial charge is 0.407 e. The minimum atomic E-state index is -1.88. The quantitative estimate of drug-likeness (QED) is 0.387. The van der Waals surface area contributed by atoms with Crippen molar-refractivity contribution in [2.24, 2.45) is 17.1 Å². The van der Waals surface area contributed by atoms with Crippen molar-refractivity contribution in [3.8, 4) is 0 Å². The van der Waals surface area contributed by atoms with E-state index < -0.39 is 9.04 Å². The second kappa shape index (κ2) is 10.1. The van der Waals surface area contributed by atoms with Crippen molar-refractivity contribution in [2.75, 3.05) is 0 Å². The molecule has 186 valence electrons. The second-order valence-corrected chi connectivity index (χ2v) is 13.5. The van der Waals surface area contributed by atoms with Gasteiger partial charge in [-0.3, -0.25) is 4.79 Å². The Kier molecular flexibility index (Phi) is 6.87. The Balaban J connectivity index is 1.55. The first-order chi connectivity index (χ1) is 17.3. The van der Waals surface area contributed by atoms with Gasteiger partial charge >= 0.3 is 0 Å². The number of benzene rings is 3. The molecule has 4 nitrogen and oxygen atoms in total. The highest BCUT2D eigenvalue weighted by Gasteiger charge is 2.32. The Morgan fingerprint density at radius 1 is 0.972 bits per heavy atom. The van der Waals surface area contributed by atoms with Gasteiger partial charge in [-0.25, -0.2) is 0 Å². The molecule has 0 bridgehead atoms. The third-order valence-electron chi connectivity index (χ3n) is 7.72. The van der Waals surface area contributed by atoms with Gasteiger partial charge in [-0.05, 0) is 51.7 Å². The van der Waals surface area contributed by atoms with Crippen LogP contribution in [0.4, 0.5) is 0 Å². The zero-order valence-electron chi connectivity index (χ0n) is 21.5. The van der Waals surface area contributed by atoms with Gasteiger partial charge in [0.05, 0.1) is 13.0 Å². The van der Waals surface area contributed by atoms with E-state index >= 15 is 0 Å². The summed E-state index contributed by atoms with van der Waals surface area (Å²) in [5.74, 6) is 0.299. The van der Waals surface area contributed by atoms with Crippen LogP contribution in [0, 0.1) is 11.3 Å². The normalized spacial score (nSPS) is 15.8. The summed E-state index contributed by atoms with van der Waals surface area (Å²) in [6.45, 7) is 8.45. The van der Waals surface area contributed by atoms with Crippen molar-refractivity contribution < 1.29 is 9.22 Å². The maximum absolute atomic E-state index is 12.2. The lowest BCUT2D eigenvalue weighted by atomic mass is 9.74. The standard InChI is InChI=1S/C31H36N2O2Si/c1-31(2,3)23-17-18-33-27-16-10-11-22(30(27)26(20-29(32)34)28(33)19-23)21-35-36(24-12-6-4-7-13-24)25-14-8-5-9-15-25/h4-16,23,36H,17-21H2,1-3H3,(H2,32,34). The highest BCUT2D eigenvalue weighted by Crippen LogP contribution is 2.40. The van der Waals surface area contributed by atoms with E-state index in [2.05, 4.69) is 92.1 Å². The molecule has 1 aromatic heterocycles. The first-order valence-electron chi connectivity index (χ1n) is 12.9. The van der Waals surface area contributed by atoms with Crippen LogP contribution >= 0.6 is 0 Å². The predicted octanol–water partition coefficient (Wildman–Crippen LogP) is 4.33. The zero-order chi connectivity index (χ0) is 25.3. The van der Waals surface area contributed by atoms with Gasteiger partial charge in [0, 0.05) is 23.1 Å². The van der Waals surface area contributed by atoms with Crippen LogP contribution in [-0.2, 0) is 35.2 Å². The molecule has 5 rings (SSSR count). The molecule has 1 aliphatic rings. The van der Waals surface area contributed by atoms with Gasteiger partial charge in [-0.15, -0.1) is 0 Å². The van der Waals surface area contributed by atoms with E-state index in [0.717, 1.165) is 35.9 Å². The molecule has 2 N–H and O–H groups in total. The topological polar surface area (TPSA) is 57.2 Å². The number of hydrogen-bond acceptors (Lipinski definition) is 2. The Labute approximate surface area is 215 Å². The van der Waals surface area contributed by atoms with Crippen molar-refractivity contribution in [2.45, 2.75) is 53.2 Å². The molecule has 3 aromatic carbocycles. The number of aromatic nitrogens is 1. The molecule has 0 saturated heterocycles. The fourth-order valence-electron chi connectivity index (χ4n) is 5.76. The van der Waals surface area contributed by atoms with E-state index in [1.165, 1.54) is 21.6 Å². The third-order valence-corrected chi connectivity index (χ3v) is 10.2. The van der Waals surface area contributed by atoms with Crippen LogP contribution in [0.15, 0.2) is 78.9 Å². The smallest absolute Gasteiger partial charge is 0.240 e. The summed E-state index contributed by atoms with van der Waals surface area (Å²) in [4.78, 5) is 12.2. The van der Waals surface area contributed by atoms with Crippen LogP contribution in [-0.4, -0.2) is 19.5 Å². The van der Waals surface area contributed by atoms with Crippen LogP contribution in [0.3, 0.4) is 0 Å². The highest BCUT2D eigenvalue weighted by molar-refractivity contribution is 6.80. The van der Waals surface area contributed by atoms with Crippen molar-refractivity contribution >= 4 is 36.2 Å². The molecule has 36 heavy (non-hydrogen) atoms. The number of fused-ring (bicyclic) bond motifs is 3. The number of carbonyl (C=O) groups is 1. The van der Waals surface area contributed by atoms with E-state index in [0.29, 0.717) is 12.5 Å². The first kappa shape index (κ1) is 24.5. The molecule has 1 unspecified atom stereocenters. The lowest BCUT2D eigenvalue weighted by molar-refractivity contribution is -0.117. The average Bonchev–Trinajstić information content (AvgIpc) is 3.18. The van der Waals surface area contributed by atoms with Crippen LogP contribution in [0.5, 0.6) is 0 Å². The third kappa shape index (κ3) is 4.91. The first-order valence-corrected chi connectivity index (χ1v) is 14.6. The Morgan fingerprint density at radius 3 is 2.19 bits per heavy atom. The molecular weight excluding hydrogens is 460 g/mol. The number of amides is 1. The van der Waals surface area contributed by atoms with E-state index in [1.54, 1.807) is 0 Å². The maximum Gasteiger partial charge on any atom is 0.240 e. The van der Waals surface area contributed by atoms with Gasteiger partial charge in [0.2, 0.25) is 14.9 Å². The number of nitrogens with zero attached hydrogens (tertiary/aromatic N) is 1. The van der Waals surface area contributed by atoms with Crippen LogP contribution in [0.2, 0.25) is 0 Å². The molecule has 4 aromatic rings. The fourth-order valence-corrected chi connectivity index (χ4v) is 8.02. The minimum absolute atomic E-state index is 0.224. The zero-order valence-corrected chi connectivity index (χ0v) is 22.7. The summed E-state index contributed by atoms with van der Waals surface area (Å²) in [6.07, 6.45) is 2.39. The molecule has 2 heterocycles. The van der Waals surface area contributed by atoms with Crippen molar-refractivity contribution in [3.63, 3.8) is 0 Å². The van der Waals surface area contributed by atoms with E-state index in [-0.39, 0.29) is 17.7 Å². The summed E-state index contributed by atoms with van der Waals surface area (Å²) in [6, 6.07) is 27.6. The number of hydrogen-bond donors (Lipinski definition) is 1. The molecule has 0 spiro atoms. The minimum Gasteiger partial charge on any atom is -0.407 e. The number of primary amides is 1. The molecule has 0 radical (unpaired) electrons. The summed E-state index contributed by atoms with van der Waals surface area (Å²) in [7, 11) is -1.88. The molecule has 0 saturated carbocycles. The Bertz CT molecular complexity index is 1320. The van der Waals surface area contributed by atoms with Crippen LogP contribution in [0.25, 0.3) is 10.9 Å². The van der Waals surface area contributed by atoms with Gasteiger partial charge in [0.15, 0.2) is 0 Å². The molecule has 1 amide bonds. The number of carbonyl (C=O) groups excluding carboxylic acids is 1. The van der Waals surface area contributed by atoms with E-state index in [1.807, 2.05) is 12.1 Å². The summed E-state index contributed by atoms with van der Waals surface area (Å²) < 4.78 is 9.22. The SMILES string of the molecule is CC(C)(C)C1CCn2c(c(CC(N)=O)c3c(CO[SiH](c4ccccc4)c4ccccc4)cccc32)C1. The van der Waals surface area contributed by atoms with Gasteiger partial charge in [-0.2, -0.15) is 0 Å². The highest BCUT2D eigenvalue weighted by atomic mass is 28.3. The lowest BCUT2D eigenvalue weighted by Crippen LogP contribution is -2.44. The summed E-state index contributed by atoms with van der Waals surface area (Å²) in [5, 5.41) is 3.68. The number of aryl methyl sites for hydroxylation is 1. The monoisotopic (exact) mass is 496 g/mol. The van der Waals surface area contributed by atoms with Gasteiger partial charge in [-0.1, -0.05) is 93.6 Å². The predicted molar refractivity (Wildman–Crippen MR) is 150 cm³/mol. The molecule has 1 atom stereocenters. The molecule has 1 aliphatic heterocycles. The van der Waals surface area contributed by atoms with Gasteiger partial charge in [0.1, 0.15) is 0 Å². The van der Waals surface area contributed by atoms with Crippen molar-refractivity contribution in [1.82, 2.24) is 4.57 Å². The summed E-state index contributed by atoms with van der Waals surface area (Å²) >= 11 is 0. The van der Waals surface area contributed by atoms with E-state index in [9.17, 15) is 4.79 Å².